The molecule has 0 aromatic heterocycles. The molecule has 1 saturated heterocycles. The van der Waals surface area contributed by atoms with Gasteiger partial charge in [-0.2, -0.15) is 0 Å². The summed E-state index contributed by atoms with van der Waals surface area (Å²) in [4.78, 5) is 29.6. The largest absolute Gasteiger partial charge is 0.423 e. The van der Waals surface area contributed by atoms with Crippen molar-refractivity contribution >= 4 is 36.6 Å². The van der Waals surface area contributed by atoms with Gasteiger partial charge in [-0.05, 0) is 37.2 Å². The van der Waals surface area contributed by atoms with Gasteiger partial charge in [0.05, 0.1) is 5.56 Å². The van der Waals surface area contributed by atoms with Crippen LogP contribution < -0.4 is 4.74 Å². The molecule has 0 unspecified atom stereocenters. The summed E-state index contributed by atoms with van der Waals surface area (Å²) in [5.41, 5.74) is 1.07. The van der Waals surface area contributed by atoms with E-state index in [1.54, 1.807) is 48.5 Å². The molecule has 1 aliphatic heterocycles. The van der Waals surface area contributed by atoms with E-state index in [1.807, 2.05) is 6.07 Å². The Labute approximate surface area is 191 Å². The molecule has 164 valence electrons. The third-order valence-electron chi connectivity index (χ3n) is 5.04. The summed E-state index contributed by atoms with van der Waals surface area (Å²) < 4.78 is 5.41. The van der Waals surface area contributed by atoms with E-state index in [2.05, 4.69) is 16.7 Å². The molecular formula is C23H30Cl2N2O3. The van der Waals surface area contributed by atoms with Crippen LogP contribution in [0.15, 0.2) is 54.6 Å². The maximum atomic E-state index is 12.6. The quantitative estimate of drug-likeness (QED) is 0.338. The highest BCUT2D eigenvalue weighted by Crippen LogP contribution is 2.17. The van der Waals surface area contributed by atoms with Crippen molar-refractivity contribution in [3.63, 3.8) is 0 Å². The molecule has 0 spiro atoms. The molecule has 0 N–H and O–H groups in total. The SMILES string of the molecule is CCCN1CCN(CCC(=O)c2cccc(OC(=O)c3ccccc3)c2)CC1.Cl.Cl. The minimum absolute atomic E-state index is 0. The molecule has 5 nitrogen and oxygen atoms in total. The first kappa shape index (κ1) is 26.1. The van der Waals surface area contributed by atoms with Gasteiger partial charge in [0.15, 0.2) is 5.78 Å². The van der Waals surface area contributed by atoms with Gasteiger partial charge in [-0.25, -0.2) is 4.79 Å². The number of piperazine rings is 1. The molecule has 1 heterocycles. The Balaban J connectivity index is 0.00000225. The summed E-state index contributed by atoms with van der Waals surface area (Å²) in [6.07, 6.45) is 1.66. The van der Waals surface area contributed by atoms with Crippen LogP contribution in [0.4, 0.5) is 0 Å². The van der Waals surface area contributed by atoms with E-state index in [1.165, 1.54) is 6.42 Å². The molecule has 0 saturated carbocycles. The minimum Gasteiger partial charge on any atom is -0.423 e. The zero-order valence-electron chi connectivity index (χ0n) is 17.3. The summed E-state index contributed by atoms with van der Waals surface area (Å²) in [7, 11) is 0. The highest BCUT2D eigenvalue weighted by atomic mass is 35.5. The van der Waals surface area contributed by atoms with Gasteiger partial charge in [0, 0.05) is 44.7 Å². The molecule has 2 aromatic rings. The van der Waals surface area contributed by atoms with Gasteiger partial charge in [-0.1, -0.05) is 37.3 Å². The average Bonchev–Trinajstić information content (AvgIpc) is 2.74. The van der Waals surface area contributed by atoms with E-state index < -0.39 is 5.97 Å². The molecule has 2 aromatic carbocycles. The number of ether oxygens (including phenoxy) is 1. The van der Waals surface area contributed by atoms with Crippen molar-refractivity contribution in [2.24, 2.45) is 0 Å². The Morgan fingerprint density at radius 3 is 2.07 bits per heavy atom. The number of ketones is 1. The zero-order chi connectivity index (χ0) is 19.8. The molecule has 0 atom stereocenters. The van der Waals surface area contributed by atoms with Crippen LogP contribution in [-0.4, -0.2) is 60.8 Å². The monoisotopic (exact) mass is 452 g/mol. The van der Waals surface area contributed by atoms with Crippen molar-refractivity contribution in [2.45, 2.75) is 19.8 Å². The number of hydrogen-bond donors (Lipinski definition) is 0. The number of esters is 1. The first-order valence-electron chi connectivity index (χ1n) is 10.0. The van der Waals surface area contributed by atoms with Gasteiger partial charge in [0.1, 0.15) is 5.75 Å². The molecule has 0 radical (unpaired) electrons. The van der Waals surface area contributed by atoms with Crippen molar-refractivity contribution < 1.29 is 14.3 Å². The van der Waals surface area contributed by atoms with Gasteiger partial charge in [0.2, 0.25) is 0 Å². The third kappa shape index (κ3) is 7.73. The molecular weight excluding hydrogens is 423 g/mol. The predicted molar refractivity (Wildman–Crippen MR) is 124 cm³/mol. The standard InChI is InChI=1S/C23H28N2O3.2ClH/c1-2-12-24-14-16-25(17-15-24)13-11-22(26)20-9-6-10-21(18-20)28-23(27)19-7-4-3-5-8-19;;/h3-10,18H,2,11-17H2,1H3;2*1H. The Bertz CT molecular complexity index is 794. The smallest absolute Gasteiger partial charge is 0.343 e. The van der Waals surface area contributed by atoms with Gasteiger partial charge < -0.3 is 14.5 Å². The average molecular weight is 453 g/mol. The van der Waals surface area contributed by atoms with Gasteiger partial charge >= 0.3 is 5.97 Å². The van der Waals surface area contributed by atoms with Crippen LogP contribution in [0.3, 0.4) is 0 Å². The Hall–Kier alpha value is -1.92. The van der Waals surface area contributed by atoms with E-state index in [0.717, 1.165) is 39.3 Å². The van der Waals surface area contributed by atoms with Crippen molar-refractivity contribution in [1.29, 1.82) is 0 Å². The highest BCUT2D eigenvalue weighted by Gasteiger charge is 2.17. The molecule has 3 rings (SSSR count). The maximum absolute atomic E-state index is 12.6. The molecule has 30 heavy (non-hydrogen) atoms. The fraction of sp³-hybridized carbons (Fsp3) is 0.391. The summed E-state index contributed by atoms with van der Waals surface area (Å²) in [6, 6.07) is 15.7. The fourth-order valence-corrected chi connectivity index (χ4v) is 3.43. The van der Waals surface area contributed by atoms with Gasteiger partial charge in [0.25, 0.3) is 0 Å². The van der Waals surface area contributed by atoms with Crippen molar-refractivity contribution in [3.8, 4) is 5.75 Å². The lowest BCUT2D eigenvalue weighted by Crippen LogP contribution is -2.46. The number of benzene rings is 2. The highest BCUT2D eigenvalue weighted by molar-refractivity contribution is 5.97. The second kappa shape index (κ2) is 13.4. The second-order valence-electron chi connectivity index (χ2n) is 7.14. The van der Waals surface area contributed by atoms with E-state index in [4.69, 9.17) is 4.74 Å². The van der Waals surface area contributed by atoms with Crippen LogP contribution in [0.2, 0.25) is 0 Å². The lowest BCUT2D eigenvalue weighted by atomic mass is 10.1. The van der Waals surface area contributed by atoms with E-state index in [-0.39, 0.29) is 30.6 Å². The zero-order valence-corrected chi connectivity index (χ0v) is 18.9. The number of hydrogen-bond acceptors (Lipinski definition) is 5. The van der Waals surface area contributed by atoms with Gasteiger partial charge in [-0.15, -0.1) is 24.8 Å². The van der Waals surface area contributed by atoms with E-state index in [9.17, 15) is 9.59 Å². The molecule has 0 amide bonds. The molecule has 1 fully saturated rings. The molecule has 0 aliphatic carbocycles. The van der Waals surface area contributed by atoms with Crippen LogP contribution in [-0.2, 0) is 0 Å². The number of rotatable bonds is 8. The minimum atomic E-state index is -0.421. The van der Waals surface area contributed by atoms with Crippen LogP contribution in [0.1, 0.15) is 40.5 Å². The normalized spacial score (nSPS) is 14.3. The summed E-state index contributed by atoms with van der Waals surface area (Å²) in [5, 5.41) is 0. The lowest BCUT2D eigenvalue weighted by Gasteiger charge is -2.34. The molecule has 0 bridgehead atoms. The predicted octanol–water partition coefficient (Wildman–Crippen LogP) is 4.35. The summed E-state index contributed by atoms with van der Waals surface area (Å²) in [5.74, 6) is 0.0524. The first-order valence-corrected chi connectivity index (χ1v) is 10.0. The molecule has 7 heteroatoms. The van der Waals surface area contributed by atoms with Crippen LogP contribution in [0.25, 0.3) is 0 Å². The number of Topliss-reactive ketones (excluding diaryl/α,β-unsaturated/α-hetero) is 1. The summed E-state index contributed by atoms with van der Waals surface area (Å²) >= 11 is 0. The summed E-state index contributed by atoms with van der Waals surface area (Å²) in [6.45, 7) is 8.31. The van der Waals surface area contributed by atoms with E-state index in [0.29, 0.717) is 23.3 Å². The van der Waals surface area contributed by atoms with Gasteiger partial charge in [-0.3, -0.25) is 4.79 Å². The fourth-order valence-electron chi connectivity index (χ4n) is 3.43. The topological polar surface area (TPSA) is 49.9 Å². The van der Waals surface area contributed by atoms with Crippen molar-refractivity contribution in [1.82, 2.24) is 9.80 Å². The Morgan fingerprint density at radius 1 is 0.833 bits per heavy atom. The number of halogens is 2. The Kier molecular flexibility index (Phi) is 11.7. The number of nitrogens with zero attached hydrogens (tertiary/aromatic N) is 2. The lowest BCUT2D eigenvalue weighted by molar-refractivity contribution is 0.0733. The first-order chi connectivity index (χ1) is 13.7. The Morgan fingerprint density at radius 2 is 1.43 bits per heavy atom. The van der Waals surface area contributed by atoms with E-state index >= 15 is 0 Å². The maximum Gasteiger partial charge on any atom is 0.343 e. The van der Waals surface area contributed by atoms with Crippen LogP contribution >= 0.6 is 24.8 Å². The van der Waals surface area contributed by atoms with Crippen molar-refractivity contribution in [3.05, 3.63) is 65.7 Å². The molecule has 1 aliphatic rings. The van der Waals surface area contributed by atoms with Crippen LogP contribution in [0, 0.1) is 0 Å². The number of carbonyl (C=O) groups is 2. The third-order valence-corrected chi connectivity index (χ3v) is 5.04. The second-order valence-corrected chi connectivity index (χ2v) is 7.14. The van der Waals surface area contributed by atoms with Crippen LogP contribution in [0.5, 0.6) is 5.75 Å². The number of carbonyl (C=O) groups excluding carboxylic acids is 2. The van der Waals surface area contributed by atoms with Crippen molar-refractivity contribution in [2.75, 3.05) is 39.3 Å².